The zero-order chi connectivity index (χ0) is 18.1. The van der Waals surface area contributed by atoms with Gasteiger partial charge in [0.15, 0.2) is 0 Å². The van der Waals surface area contributed by atoms with Crippen LogP contribution in [0, 0.1) is 0 Å². The smallest absolute Gasteiger partial charge is 0.325 e. The molecule has 134 valence electrons. The van der Waals surface area contributed by atoms with Crippen molar-refractivity contribution < 1.29 is 14.4 Å². The number of imide groups is 1. The van der Waals surface area contributed by atoms with Crippen molar-refractivity contribution in [3.8, 4) is 0 Å². The van der Waals surface area contributed by atoms with Crippen molar-refractivity contribution in [1.82, 2.24) is 15.5 Å². The fourth-order valence-electron chi connectivity index (χ4n) is 3.71. The van der Waals surface area contributed by atoms with Gasteiger partial charge in [-0.3, -0.25) is 14.5 Å². The lowest BCUT2D eigenvalue weighted by molar-refractivity contribution is -0.135. The zero-order valence-electron chi connectivity index (χ0n) is 14.2. The monoisotopic (exact) mass is 369 g/mol. The number of carbonyl (C=O) groups excluding carboxylic acids is 3. The molecule has 2 aliphatic rings. The van der Waals surface area contributed by atoms with Gasteiger partial charge in [-0.15, -0.1) is 11.3 Å². The van der Waals surface area contributed by atoms with Gasteiger partial charge >= 0.3 is 6.03 Å². The van der Waals surface area contributed by atoms with Crippen molar-refractivity contribution >= 4 is 29.2 Å². The Bertz CT molecular complexity index is 865. The average molecular weight is 369 g/mol. The highest BCUT2D eigenvalue weighted by Crippen LogP contribution is 2.41. The van der Waals surface area contributed by atoms with Crippen molar-refractivity contribution in [1.29, 1.82) is 0 Å². The minimum atomic E-state index is -1.01. The van der Waals surface area contributed by atoms with Gasteiger partial charge in [0, 0.05) is 11.4 Å². The third-order valence-electron chi connectivity index (χ3n) is 5.00. The Morgan fingerprint density at radius 2 is 2.08 bits per heavy atom. The molecule has 4 amide bonds. The van der Waals surface area contributed by atoms with Crippen molar-refractivity contribution in [3.63, 3.8) is 0 Å². The number of amides is 4. The summed E-state index contributed by atoms with van der Waals surface area (Å²) in [7, 11) is 0. The van der Waals surface area contributed by atoms with E-state index in [0.29, 0.717) is 13.0 Å². The van der Waals surface area contributed by atoms with Crippen LogP contribution in [0.1, 0.15) is 22.4 Å². The van der Waals surface area contributed by atoms with E-state index in [4.69, 9.17) is 0 Å². The summed E-state index contributed by atoms with van der Waals surface area (Å²) in [4.78, 5) is 39.7. The molecule has 1 aromatic carbocycles. The van der Waals surface area contributed by atoms with E-state index < -0.39 is 11.6 Å². The molecular formula is C19H19N3O3S. The van der Waals surface area contributed by atoms with Crippen LogP contribution in [-0.2, 0) is 28.0 Å². The second kappa shape index (κ2) is 6.57. The highest BCUT2D eigenvalue weighted by atomic mass is 32.1. The third kappa shape index (κ3) is 2.78. The number of carbonyl (C=O) groups is 3. The van der Waals surface area contributed by atoms with Crippen molar-refractivity contribution in [2.75, 3.05) is 13.1 Å². The maximum Gasteiger partial charge on any atom is 0.325 e. The standard InChI is InChI=1S/C19H19N3O3S/c23-16(20-10-8-14-5-3-11-26-14)12-22-17(24)19(21-18(22)25)9-7-13-4-1-2-6-15(13)19/h1-6,11H,7-10,12H2,(H,20,23)(H,21,25)/t19-/m0/s1. The molecule has 0 bridgehead atoms. The first-order valence-corrected chi connectivity index (χ1v) is 9.50. The number of aryl methyl sites for hydroxylation is 1. The van der Waals surface area contributed by atoms with Gasteiger partial charge in [-0.1, -0.05) is 30.3 Å². The molecule has 1 aliphatic heterocycles. The molecule has 0 radical (unpaired) electrons. The lowest BCUT2D eigenvalue weighted by atomic mass is 9.92. The predicted molar refractivity (Wildman–Crippen MR) is 97.7 cm³/mol. The molecule has 7 heteroatoms. The lowest BCUT2D eigenvalue weighted by Crippen LogP contribution is -2.44. The Hall–Kier alpha value is -2.67. The van der Waals surface area contributed by atoms with Gasteiger partial charge in [0.05, 0.1) is 0 Å². The Morgan fingerprint density at radius 1 is 1.23 bits per heavy atom. The highest BCUT2D eigenvalue weighted by Gasteiger charge is 2.55. The van der Waals surface area contributed by atoms with Gasteiger partial charge in [-0.05, 0) is 41.8 Å². The predicted octanol–water partition coefficient (Wildman–Crippen LogP) is 1.80. The molecule has 2 N–H and O–H groups in total. The summed E-state index contributed by atoms with van der Waals surface area (Å²) < 4.78 is 0. The summed E-state index contributed by atoms with van der Waals surface area (Å²) in [6.45, 7) is 0.232. The van der Waals surface area contributed by atoms with Crippen LogP contribution in [0.25, 0.3) is 0 Å². The Labute approximate surface area is 155 Å². The van der Waals surface area contributed by atoms with E-state index in [1.54, 1.807) is 11.3 Å². The van der Waals surface area contributed by atoms with Crippen molar-refractivity contribution in [2.45, 2.75) is 24.8 Å². The summed E-state index contributed by atoms with van der Waals surface area (Å²) in [5.74, 6) is -0.658. The quantitative estimate of drug-likeness (QED) is 0.789. The molecular weight excluding hydrogens is 350 g/mol. The molecule has 0 saturated carbocycles. The van der Waals surface area contributed by atoms with Crippen molar-refractivity contribution in [3.05, 3.63) is 57.8 Å². The average Bonchev–Trinajstić information content (AvgIpc) is 3.33. The molecule has 1 spiro atoms. The van der Waals surface area contributed by atoms with Crippen LogP contribution < -0.4 is 10.6 Å². The first kappa shape index (κ1) is 16.8. The van der Waals surface area contributed by atoms with E-state index in [-0.39, 0.29) is 18.4 Å². The maximum absolute atomic E-state index is 13.0. The summed E-state index contributed by atoms with van der Waals surface area (Å²) in [6.07, 6.45) is 2.01. The van der Waals surface area contributed by atoms with E-state index in [1.165, 1.54) is 4.88 Å². The second-order valence-electron chi connectivity index (χ2n) is 6.56. The molecule has 0 unspecified atom stereocenters. The number of fused-ring (bicyclic) bond motifs is 2. The largest absolute Gasteiger partial charge is 0.354 e. The van der Waals surface area contributed by atoms with Crippen LogP contribution >= 0.6 is 11.3 Å². The minimum Gasteiger partial charge on any atom is -0.354 e. The third-order valence-corrected chi connectivity index (χ3v) is 5.93. The Balaban J connectivity index is 1.41. The molecule has 1 atom stereocenters. The molecule has 1 fully saturated rings. The van der Waals surface area contributed by atoms with E-state index >= 15 is 0 Å². The second-order valence-corrected chi connectivity index (χ2v) is 7.60. The SMILES string of the molecule is O=C(CN1C(=O)N[C@]2(CCc3ccccc32)C1=O)NCCc1cccs1. The van der Waals surface area contributed by atoms with E-state index in [0.717, 1.165) is 28.9 Å². The summed E-state index contributed by atoms with van der Waals surface area (Å²) in [6, 6.07) is 11.1. The Morgan fingerprint density at radius 3 is 2.88 bits per heavy atom. The molecule has 2 aromatic rings. The van der Waals surface area contributed by atoms with Gasteiger partial charge in [0.25, 0.3) is 5.91 Å². The molecule has 1 aromatic heterocycles. The number of hydrogen-bond donors (Lipinski definition) is 2. The van der Waals surface area contributed by atoms with Crippen LogP contribution in [-0.4, -0.2) is 35.8 Å². The number of thiophene rings is 1. The topological polar surface area (TPSA) is 78.5 Å². The van der Waals surface area contributed by atoms with Gasteiger partial charge in [0.2, 0.25) is 5.91 Å². The zero-order valence-corrected chi connectivity index (χ0v) is 15.0. The number of urea groups is 1. The summed E-state index contributed by atoms with van der Waals surface area (Å²) in [5, 5.41) is 7.60. The van der Waals surface area contributed by atoms with Crippen LogP contribution in [0.3, 0.4) is 0 Å². The number of nitrogens with one attached hydrogen (secondary N) is 2. The lowest BCUT2D eigenvalue weighted by Gasteiger charge is -2.22. The van der Waals surface area contributed by atoms with Gasteiger partial charge in [-0.25, -0.2) is 4.79 Å². The van der Waals surface area contributed by atoms with Crippen LogP contribution in [0.4, 0.5) is 4.79 Å². The van der Waals surface area contributed by atoms with Gasteiger partial charge in [0.1, 0.15) is 12.1 Å². The summed E-state index contributed by atoms with van der Waals surface area (Å²) >= 11 is 1.63. The molecule has 2 heterocycles. The van der Waals surface area contributed by atoms with Crippen LogP contribution in [0.2, 0.25) is 0 Å². The summed E-state index contributed by atoms with van der Waals surface area (Å²) in [5.41, 5.74) is 0.910. The Kier molecular flexibility index (Phi) is 4.24. The van der Waals surface area contributed by atoms with Crippen LogP contribution in [0.15, 0.2) is 41.8 Å². The minimum absolute atomic E-state index is 0.251. The van der Waals surface area contributed by atoms with E-state index in [9.17, 15) is 14.4 Å². The molecule has 26 heavy (non-hydrogen) atoms. The molecule has 1 saturated heterocycles. The molecule has 1 aliphatic carbocycles. The fourth-order valence-corrected chi connectivity index (χ4v) is 4.42. The molecule has 4 rings (SSSR count). The van der Waals surface area contributed by atoms with Crippen LogP contribution in [0.5, 0.6) is 0 Å². The van der Waals surface area contributed by atoms with Gasteiger partial charge < -0.3 is 10.6 Å². The number of nitrogens with zero attached hydrogens (tertiary/aromatic N) is 1. The highest BCUT2D eigenvalue weighted by molar-refractivity contribution is 7.09. The maximum atomic E-state index is 13.0. The number of benzene rings is 1. The number of hydrogen-bond acceptors (Lipinski definition) is 4. The normalized spacial score (nSPS) is 21.2. The first-order chi connectivity index (χ1) is 12.6. The van der Waals surface area contributed by atoms with E-state index in [2.05, 4.69) is 10.6 Å². The number of rotatable bonds is 5. The fraction of sp³-hybridized carbons (Fsp3) is 0.316. The van der Waals surface area contributed by atoms with Gasteiger partial charge in [-0.2, -0.15) is 0 Å². The molecule has 6 nitrogen and oxygen atoms in total. The first-order valence-electron chi connectivity index (χ1n) is 8.62. The van der Waals surface area contributed by atoms with Crippen molar-refractivity contribution in [2.24, 2.45) is 0 Å². The van der Waals surface area contributed by atoms with E-state index in [1.807, 2.05) is 41.8 Å².